The van der Waals surface area contributed by atoms with E-state index in [1.54, 1.807) is 7.11 Å². The molecule has 88 valence electrons. The fourth-order valence-corrected chi connectivity index (χ4v) is 2.43. The summed E-state index contributed by atoms with van der Waals surface area (Å²) >= 11 is 0. The highest BCUT2D eigenvalue weighted by molar-refractivity contribution is 5.60. The van der Waals surface area contributed by atoms with Crippen LogP contribution in [0.2, 0.25) is 0 Å². The molecule has 0 radical (unpaired) electrons. The Morgan fingerprint density at radius 3 is 2.53 bits per heavy atom. The van der Waals surface area contributed by atoms with Crippen LogP contribution in [0.15, 0.2) is 0 Å². The Balaban J connectivity index is 2.40. The Bertz CT molecular complexity index is 188. The molecule has 0 aromatic rings. The van der Waals surface area contributed by atoms with Gasteiger partial charge in [0.15, 0.2) is 0 Å². The van der Waals surface area contributed by atoms with Gasteiger partial charge in [-0.1, -0.05) is 19.3 Å². The summed E-state index contributed by atoms with van der Waals surface area (Å²) in [6.07, 6.45) is 7.02. The van der Waals surface area contributed by atoms with Gasteiger partial charge in [0.25, 0.3) is 0 Å². The molecule has 0 aliphatic heterocycles. The summed E-state index contributed by atoms with van der Waals surface area (Å²) in [6.45, 7) is 2.54. The monoisotopic (exact) mass is 213 g/mol. The lowest BCUT2D eigenvalue weighted by Gasteiger charge is -2.35. The maximum Gasteiger partial charge on any atom is 0.127 e. The molecule has 1 aliphatic rings. The minimum absolute atomic E-state index is 0.0687. The Kier molecular flexibility index (Phi) is 5.26. The molecule has 0 N–H and O–H groups in total. The highest BCUT2D eigenvalue weighted by atomic mass is 16.5. The SMILES string of the molecule is COCCN(C)CC1(C=O)CCCCC1. The molecule has 1 aliphatic carbocycles. The van der Waals surface area contributed by atoms with Crippen molar-refractivity contribution < 1.29 is 9.53 Å². The quantitative estimate of drug-likeness (QED) is 0.629. The lowest BCUT2D eigenvalue weighted by Crippen LogP contribution is -2.39. The van der Waals surface area contributed by atoms with E-state index in [2.05, 4.69) is 11.9 Å². The van der Waals surface area contributed by atoms with Gasteiger partial charge < -0.3 is 14.4 Å². The van der Waals surface area contributed by atoms with Gasteiger partial charge in [-0.2, -0.15) is 0 Å². The van der Waals surface area contributed by atoms with Crippen molar-refractivity contribution in [3.05, 3.63) is 0 Å². The maximum atomic E-state index is 11.2. The van der Waals surface area contributed by atoms with Crippen LogP contribution in [0, 0.1) is 5.41 Å². The van der Waals surface area contributed by atoms with Crippen LogP contribution >= 0.6 is 0 Å². The van der Waals surface area contributed by atoms with Gasteiger partial charge >= 0.3 is 0 Å². The zero-order valence-corrected chi connectivity index (χ0v) is 10.00. The summed E-state index contributed by atoms with van der Waals surface area (Å²) in [4.78, 5) is 13.4. The number of carbonyl (C=O) groups is 1. The minimum Gasteiger partial charge on any atom is -0.383 e. The predicted molar refractivity (Wildman–Crippen MR) is 61.0 cm³/mol. The number of ether oxygens (including phenoxy) is 1. The van der Waals surface area contributed by atoms with E-state index < -0.39 is 0 Å². The van der Waals surface area contributed by atoms with Gasteiger partial charge in [0.2, 0.25) is 0 Å². The number of carbonyl (C=O) groups excluding carboxylic acids is 1. The van der Waals surface area contributed by atoms with E-state index in [4.69, 9.17) is 4.74 Å². The van der Waals surface area contributed by atoms with Gasteiger partial charge in [-0.25, -0.2) is 0 Å². The van der Waals surface area contributed by atoms with E-state index in [9.17, 15) is 4.79 Å². The van der Waals surface area contributed by atoms with Crippen LogP contribution in [0.25, 0.3) is 0 Å². The molecule has 0 spiro atoms. The van der Waals surface area contributed by atoms with Crippen LogP contribution in [0.3, 0.4) is 0 Å². The number of hydrogen-bond donors (Lipinski definition) is 0. The van der Waals surface area contributed by atoms with Gasteiger partial charge in [0.05, 0.1) is 6.61 Å². The summed E-state index contributed by atoms with van der Waals surface area (Å²) in [5.74, 6) is 0. The molecular weight excluding hydrogens is 190 g/mol. The molecule has 0 atom stereocenters. The lowest BCUT2D eigenvalue weighted by molar-refractivity contribution is -0.119. The first-order valence-electron chi connectivity index (χ1n) is 5.86. The molecule has 1 saturated carbocycles. The second-order valence-corrected chi connectivity index (χ2v) is 4.77. The maximum absolute atomic E-state index is 11.2. The molecule has 0 bridgehead atoms. The zero-order valence-electron chi connectivity index (χ0n) is 10.00. The second-order valence-electron chi connectivity index (χ2n) is 4.77. The summed E-state index contributed by atoms with van der Waals surface area (Å²) in [6, 6.07) is 0. The molecule has 0 aromatic heterocycles. The molecule has 1 rings (SSSR count). The van der Waals surface area contributed by atoms with Crippen LogP contribution in [0.5, 0.6) is 0 Å². The van der Waals surface area contributed by atoms with Crippen molar-refractivity contribution in [3.8, 4) is 0 Å². The Morgan fingerprint density at radius 1 is 1.33 bits per heavy atom. The minimum atomic E-state index is -0.0687. The van der Waals surface area contributed by atoms with Crippen LogP contribution in [-0.4, -0.2) is 45.0 Å². The average molecular weight is 213 g/mol. The molecule has 3 heteroatoms. The van der Waals surface area contributed by atoms with Crippen molar-refractivity contribution in [2.45, 2.75) is 32.1 Å². The molecule has 1 fully saturated rings. The summed E-state index contributed by atoms with van der Waals surface area (Å²) < 4.78 is 5.04. The smallest absolute Gasteiger partial charge is 0.127 e. The standard InChI is InChI=1S/C12H23NO2/c1-13(8-9-15-2)10-12(11-14)6-4-3-5-7-12/h11H,3-10H2,1-2H3. The van der Waals surface area contributed by atoms with E-state index in [0.29, 0.717) is 0 Å². The van der Waals surface area contributed by atoms with Crippen LogP contribution in [0.4, 0.5) is 0 Å². The normalized spacial score (nSPS) is 20.5. The van der Waals surface area contributed by atoms with Crippen LogP contribution in [0.1, 0.15) is 32.1 Å². The molecule has 3 nitrogen and oxygen atoms in total. The van der Waals surface area contributed by atoms with Crippen molar-refractivity contribution >= 4 is 6.29 Å². The molecular formula is C12H23NO2. The number of likely N-dealkylation sites (N-methyl/N-ethyl adjacent to an activating group) is 1. The summed E-state index contributed by atoms with van der Waals surface area (Å²) in [5, 5.41) is 0. The Hall–Kier alpha value is -0.410. The number of hydrogen-bond acceptors (Lipinski definition) is 3. The molecule has 0 saturated heterocycles. The van der Waals surface area contributed by atoms with Crippen molar-refractivity contribution in [1.29, 1.82) is 0 Å². The van der Waals surface area contributed by atoms with E-state index in [-0.39, 0.29) is 5.41 Å². The Morgan fingerprint density at radius 2 is 2.00 bits per heavy atom. The molecule has 0 amide bonds. The largest absolute Gasteiger partial charge is 0.383 e. The average Bonchev–Trinajstić information content (AvgIpc) is 2.27. The first-order valence-corrected chi connectivity index (χ1v) is 5.86. The first-order chi connectivity index (χ1) is 7.22. The summed E-state index contributed by atoms with van der Waals surface area (Å²) in [7, 11) is 3.78. The van der Waals surface area contributed by atoms with Gasteiger partial charge in [-0.15, -0.1) is 0 Å². The van der Waals surface area contributed by atoms with Crippen molar-refractivity contribution in [3.63, 3.8) is 0 Å². The third kappa shape index (κ3) is 3.92. The van der Waals surface area contributed by atoms with Crippen molar-refractivity contribution in [2.75, 3.05) is 33.9 Å². The summed E-state index contributed by atoms with van der Waals surface area (Å²) in [5.41, 5.74) is -0.0687. The van der Waals surface area contributed by atoms with Crippen LogP contribution in [-0.2, 0) is 9.53 Å². The topological polar surface area (TPSA) is 29.5 Å². The van der Waals surface area contributed by atoms with E-state index in [0.717, 1.165) is 32.5 Å². The predicted octanol–water partition coefficient (Wildman–Crippen LogP) is 1.71. The Labute approximate surface area is 92.8 Å². The van der Waals surface area contributed by atoms with Crippen molar-refractivity contribution in [1.82, 2.24) is 4.90 Å². The molecule has 0 unspecified atom stereocenters. The van der Waals surface area contributed by atoms with E-state index in [1.807, 2.05) is 0 Å². The van der Waals surface area contributed by atoms with Gasteiger partial charge in [0, 0.05) is 25.6 Å². The third-order valence-corrected chi connectivity index (χ3v) is 3.36. The van der Waals surface area contributed by atoms with E-state index in [1.165, 1.54) is 25.5 Å². The van der Waals surface area contributed by atoms with Crippen molar-refractivity contribution in [2.24, 2.45) is 5.41 Å². The van der Waals surface area contributed by atoms with Gasteiger partial charge in [-0.3, -0.25) is 0 Å². The van der Waals surface area contributed by atoms with E-state index >= 15 is 0 Å². The fourth-order valence-electron chi connectivity index (χ4n) is 2.43. The first kappa shape index (κ1) is 12.7. The number of aldehydes is 1. The molecule has 0 aromatic carbocycles. The third-order valence-electron chi connectivity index (χ3n) is 3.36. The number of rotatable bonds is 6. The second kappa shape index (κ2) is 6.23. The van der Waals surface area contributed by atoms with Crippen LogP contribution < -0.4 is 0 Å². The number of methoxy groups -OCH3 is 1. The van der Waals surface area contributed by atoms with Gasteiger partial charge in [0.1, 0.15) is 6.29 Å². The van der Waals surface area contributed by atoms with Gasteiger partial charge in [-0.05, 0) is 19.9 Å². The highest BCUT2D eigenvalue weighted by Crippen LogP contribution is 2.34. The zero-order chi connectivity index (χ0) is 11.1. The number of nitrogens with zero attached hydrogens (tertiary/aromatic N) is 1. The molecule has 15 heavy (non-hydrogen) atoms. The highest BCUT2D eigenvalue weighted by Gasteiger charge is 2.32. The lowest BCUT2D eigenvalue weighted by atomic mass is 9.75. The molecule has 0 heterocycles. The fraction of sp³-hybridized carbons (Fsp3) is 0.917.